The molecule has 0 saturated carbocycles. The van der Waals surface area contributed by atoms with Gasteiger partial charge in [-0.05, 0) is 19.2 Å². The maximum Gasteiger partial charge on any atom is 0.255 e. The van der Waals surface area contributed by atoms with Gasteiger partial charge in [0.05, 0.1) is 18.2 Å². The quantitative estimate of drug-likeness (QED) is 0.733. The van der Waals surface area contributed by atoms with Gasteiger partial charge in [0.25, 0.3) is 5.91 Å². The summed E-state index contributed by atoms with van der Waals surface area (Å²) in [7, 11) is 1.95. The number of aromatic nitrogens is 1. The van der Waals surface area contributed by atoms with Crippen LogP contribution in [-0.2, 0) is 0 Å². The Balaban J connectivity index is 2.07. The lowest BCUT2D eigenvalue weighted by molar-refractivity contribution is 0.0420. The third-order valence-corrected chi connectivity index (χ3v) is 3.31. The molecule has 1 saturated heterocycles. The van der Waals surface area contributed by atoms with E-state index < -0.39 is 0 Å². The van der Waals surface area contributed by atoms with Gasteiger partial charge in [-0.15, -0.1) is 0 Å². The van der Waals surface area contributed by atoms with Crippen LogP contribution in [0, 0.1) is 0 Å². The van der Waals surface area contributed by atoms with Gasteiger partial charge < -0.3 is 15.7 Å². The average Bonchev–Trinajstić information content (AvgIpc) is 2.39. The largest absolute Gasteiger partial charge is 0.395 e. The van der Waals surface area contributed by atoms with Crippen LogP contribution in [0.4, 0.5) is 5.82 Å². The Kier molecular flexibility index (Phi) is 3.78. The number of aliphatic hydroxyl groups excluding tert-OH is 1. The van der Waals surface area contributed by atoms with Crippen molar-refractivity contribution in [2.45, 2.75) is 6.04 Å². The first-order valence-electron chi connectivity index (χ1n) is 5.93. The number of nitrogens with zero attached hydrogens (tertiary/aromatic N) is 3. The molecule has 0 bridgehead atoms. The predicted octanol–water partition coefficient (Wildman–Crippen LogP) is -0.588. The number of likely N-dealkylation sites (N-methyl/N-ethyl adjacent to an activating group) is 1. The number of amides is 1. The summed E-state index contributed by atoms with van der Waals surface area (Å²) in [5.41, 5.74) is 6.02. The fourth-order valence-electron chi connectivity index (χ4n) is 2.04. The zero-order valence-electron chi connectivity index (χ0n) is 10.4. The SMILES string of the molecule is CN1CCN(C(=O)c2ccc(N)nc2)C[C@H]1CO. The first kappa shape index (κ1) is 12.8. The molecule has 1 atom stereocenters. The van der Waals surface area contributed by atoms with Gasteiger partial charge in [0, 0.05) is 25.8 Å². The molecule has 1 aliphatic rings. The van der Waals surface area contributed by atoms with Crippen molar-refractivity contribution in [3.63, 3.8) is 0 Å². The second-order valence-electron chi connectivity index (χ2n) is 4.54. The highest BCUT2D eigenvalue weighted by molar-refractivity contribution is 5.94. The zero-order valence-corrected chi connectivity index (χ0v) is 10.4. The van der Waals surface area contributed by atoms with Crippen molar-refractivity contribution in [2.75, 3.05) is 39.0 Å². The number of pyridine rings is 1. The second kappa shape index (κ2) is 5.32. The van der Waals surface area contributed by atoms with Crippen LogP contribution in [0.25, 0.3) is 0 Å². The number of hydrogen-bond donors (Lipinski definition) is 2. The van der Waals surface area contributed by atoms with E-state index in [4.69, 9.17) is 5.73 Å². The summed E-state index contributed by atoms with van der Waals surface area (Å²) in [6, 6.07) is 3.30. The number of carbonyl (C=O) groups excluding carboxylic acids is 1. The molecule has 2 heterocycles. The van der Waals surface area contributed by atoms with Crippen LogP contribution >= 0.6 is 0 Å². The van der Waals surface area contributed by atoms with Gasteiger partial charge in [0.15, 0.2) is 0 Å². The molecule has 1 aromatic rings. The van der Waals surface area contributed by atoms with Crippen LogP contribution in [0.15, 0.2) is 18.3 Å². The Morgan fingerprint density at radius 3 is 2.94 bits per heavy atom. The summed E-state index contributed by atoms with van der Waals surface area (Å²) in [6.07, 6.45) is 1.49. The molecule has 1 aromatic heterocycles. The Bertz CT molecular complexity index is 421. The monoisotopic (exact) mass is 250 g/mol. The summed E-state index contributed by atoms with van der Waals surface area (Å²) in [5.74, 6) is 0.340. The first-order valence-corrected chi connectivity index (χ1v) is 5.93. The number of carbonyl (C=O) groups is 1. The van der Waals surface area contributed by atoms with Gasteiger partial charge in [-0.3, -0.25) is 9.69 Å². The zero-order chi connectivity index (χ0) is 13.1. The molecule has 0 unspecified atom stereocenters. The molecule has 1 aliphatic heterocycles. The van der Waals surface area contributed by atoms with Crippen molar-refractivity contribution in [2.24, 2.45) is 0 Å². The van der Waals surface area contributed by atoms with E-state index in [9.17, 15) is 9.90 Å². The minimum absolute atomic E-state index is 0.00411. The number of hydrogen-bond acceptors (Lipinski definition) is 5. The molecule has 98 valence electrons. The molecule has 0 aromatic carbocycles. The van der Waals surface area contributed by atoms with E-state index in [-0.39, 0.29) is 18.6 Å². The smallest absolute Gasteiger partial charge is 0.255 e. The molecular formula is C12H18N4O2. The van der Waals surface area contributed by atoms with E-state index in [1.807, 2.05) is 7.05 Å². The molecule has 1 amide bonds. The van der Waals surface area contributed by atoms with Gasteiger partial charge >= 0.3 is 0 Å². The molecule has 0 spiro atoms. The van der Waals surface area contributed by atoms with Crippen LogP contribution in [0.3, 0.4) is 0 Å². The molecule has 2 rings (SSSR count). The lowest BCUT2D eigenvalue weighted by atomic mass is 10.1. The molecule has 3 N–H and O–H groups in total. The molecule has 0 aliphatic carbocycles. The summed E-state index contributed by atoms with van der Waals surface area (Å²) < 4.78 is 0. The number of rotatable bonds is 2. The first-order chi connectivity index (χ1) is 8.61. The maximum atomic E-state index is 12.2. The molecule has 18 heavy (non-hydrogen) atoms. The van der Waals surface area contributed by atoms with E-state index in [0.29, 0.717) is 24.5 Å². The van der Waals surface area contributed by atoms with E-state index in [1.54, 1.807) is 17.0 Å². The van der Waals surface area contributed by atoms with E-state index in [1.165, 1.54) is 6.20 Å². The van der Waals surface area contributed by atoms with E-state index in [2.05, 4.69) is 9.88 Å². The summed E-state index contributed by atoms with van der Waals surface area (Å²) in [5, 5.41) is 9.26. The van der Waals surface area contributed by atoms with Crippen LogP contribution < -0.4 is 5.73 Å². The van der Waals surface area contributed by atoms with E-state index >= 15 is 0 Å². The summed E-state index contributed by atoms with van der Waals surface area (Å²) in [6.45, 7) is 2.02. The van der Waals surface area contributed by atoms with Crippen LogP contribution in [-0.4, -0.2) is 65.1 Å². The van der Waals surface area contributed by atoms with Crippen molar-refractivity contribution in [3.8, 4) is 0 Å². The third-order valence-electron chi connectivity index (χ3n) is 3.31. The highest BCUT2D eigenvalue weighted by atomic mass is 16.3. The van der Waals surface area contributed by atoms with Gasteiger partial charge in [0.1, 0.15) is 5.82 Å². The standard InChI is InChI=1S/C12H18N4O2/c1-15-4-5-16(7-10(15)8-17)12(18)9-2-3-11(13)14-6-9/h2-3,6,10,17H,4-5,7-8H2,1H3,(H2,13,14)/t10-/m0/s1. The fraction of sp³-hybridized carbons (Fsp3) is 0.500. The third kappa shape index (κ3) is 2.60. The van der Waals surface area contributed by atoms with Crippen LogP contribution in [0.5, 0.6) is 0 Å². The Labute approximate surface area is 106 Å². The molecule has 6 nitrogen and oxygen atoms in total. The predicted molar refractivity (Wildman–Crippen MR) is 68.1 cm³/mol. The van der Waals surface area contributed by atoms with Gasteiger partial charge in [0.2, 0.25) is 0 Å². The average molecular weight is 250 g/mol. The highest BCUT2D eigenvalue weighted by Crippen LogP contribution is 2.12. The van der Waals surface area contributed by atoms with Gasteiger partial charge in [-0.2, -0.15) is 0 Å². The van der Waals surface area contributed by atoms with Crippen LogP contribution in [0.1, 0.15) is 10.4 Å². The van der Waals surface area contributed by atoms with Crippen molar-refractivity contribution < 1.29 is 9.90 Å². The molecule has 0 radical (unpaired) electrons. The second-order valence-corrected chi connectivity index (χ2v) is 4.54. The van der Waals surface area contributed by atoms with Gasteiger partial charge in [-0.1, -0.05) is 0 Å². The van der Waals surface area contributed by atoms with E-state index in [0.717, 1.165) is 6.54 Å². The van der Waals surface area contributed by atoms with Crippen molar-refractivity contribution in [3.05, 3.63) is 23.9 Å². The topological polar surface area (TPSA) is 82.7 Å². The normalized spacial score (nSPS) is 21.0. The summed E-state index contributed by atoms with van der Waals surface area (Å²) >= 11 is 0. The number of nitrogens with two attached hydrogens (primary N) is 1. The Morgan fingerprint density at radius 2 is 2.33 bits per heavy atom. The van der Waals surface area contributed by atoms with Crippen molar-refractivity contribution in [1.82, 2.24) is 14.8 Å². The van der Waals surface area contributed by atoms with Crippen molar-refractivity contribution >= 4 is 11.7 Å². The lowest BCUT2D eigenvalue weighted by Crippen LogP contribution is -2.54. The molecule has 6 heteroatoms. The molecule has 1 fully saturated rings. The van der Waals surface area contributed by atoms with Crippen molar-refractivity contribution in [1.29, 1.82) is 0 Å². The Morgan fingerprint density at radius 1 is 1.56 bits per heavy atom. The summed E-state index contributed by atoms with van der Waals surface area (Å²) in [4.78, 5) is 19.9. The maximum absolute atomic E-state index is 12.2. The minimum Gasteiger partial charge on any atom is -0.395 e. The fourth-order valence-corrected chi connectivity index (χ4v) is 2.04. The Hall–Kier alpha value is -1.66. The minimum atomic E-state index is -0.0611. The number of aliphatic hydroxyl groups is 1. The number of nitrogen functional groups attached to an aromatic ring is 1. The highest BCUT2D eigenvalue weighted by Gasteiger charge is 2.27. The number of anilines is 1. The molecular weight excluding hydrogens is 232 g/mol. The van der Waals surface area contributed by atoms with Gasteiger partial charge in [-0.25, -0.2) is 4.98 Å². The number of piperazine rings is 1. The lowest BCUT2D eigenvalue weighted by Gasteiger charge is -2.38. The van der Waals surface area contributed by atoms with Crippen LogP contribution in [0.2, 0.25) is 0 Å².